The molecule has 1 unspecified atom stereocenters. The summed E-state index contributed by atoms with van der Waals surface area (Å²) in [5.74, 6) is 1.15. The average Bonchev–Trinajstić information content (AvgIpc) is 2.19. The summed E-state index contributed by atoms with van der Waals surface area (Å²) in [6.07, 6.45) is 1.14. The van der Waals surface area contributed by atoms with Gasteiger partial charge in [0.2, 0.25) is 0 Å². The summed E-state index contributed by atoms with van der Waals surface area (Å²) >= 11 is 9.11. The Hall–Kier alpha value is 0.530. The van der Waals surface area contributed by atoms with Crippen molar-refractivity contribution in [1.29, 1.82) is 0 Å². The van der Waals surface area contributed by atoms with E-state index in [2.05, 4.69) is 12.1 Å². The first-order valence-electron chi connectivity index (χ1n) is 4.42. The quantitative estimate of drug-likeness (QED) is 0.740. The molecule has 5 heteroatoms. The third-order valence-corrected chi connectivity index (χ3v) is 10.7. The van der Waals surface area contributed by atoms with Crippen molar-refractivity contribution in [2.24, 2.45) is 0 Å². The number of hydrogen-bond donors (Lipinski definition) is 0. The summed E-state index contributed by atoms with van der Waals surface area (Å²) in [4.78, 5) is 1.23. The van der Waals surface area contributed by atoms with E-state index in [0.29, 0.717) is 0 Å². The normalized spacial score (nSPS) is 27.4. The van der Waals surface area contributed by atoms with Crippen LogP contribution in [-0.4, -0.2) is 12.4 Å². The highest BCUT2D eigenvalue weighted by Crippen LogP contribution is 2.73. The second-order valence-corrected chi connectivity index (χ2v) is 13.4. The van der Waals surface area contributed by atoms with Crippen LogP contribution in [0.1, 0.15) is 6.42 Å². The highest BCUT2D eigenvalue weighted by molar-refractivity contribution is 8.99. The summed E-state index contributed by atoms with van der Waals surface area (Å²) in [7, 11) is 0. The summed E-state index contributed by atoms with van der Waals surface area (Å²) in [6, 6.07) is 10.3. The van der Waals surface area contributed by atoms with Crippen molar-refractivity contribution in [2.45, 2.75) is 11.3 Å². The van der Waals surface area contributed by atoms with Gasteiger partial charge in [0, 0.05) is 10.6 Å². The van der Waals surface area contributed by atoms with Crippen molar-refractivity contribution in [2.75, 3.05) is 12.4 Å². The lowest BCUT2D eigenvalue weighted by Gasteiger charge is -2.24. The van der Waals surface area contributed by atoms with Crippen LogP contribution in [0.15, 0.2) is 35.2 Å². The first-order chi connectivity index (χ1) is 6.79. The Labute approximate surface area is 97.6 Å². The zero-order valence-corrected chi connectivity index (χ0v) is 10.9. The molecule has 0 N–H and O–H groups in total. The second kappa shape index (κ2) is 5.04. The van der Waals surface area contributed by atoms with Crippen molar-refractivity contribution < 1.29 is 4.52 Å². The van der Waals surface area contributed by atoms with Crippen LogP contribution < -0.4 is 0 Å². The molecule has 76 valence electrons. The van der Waals surface area contributed by atoms with Crippen LogP contribution in [0.5, 0.6) is 0 Å². The van der Waals surface area contributed by atoms with Crippen LogP contribution in [0.4, 0.5) is 0 Å². The van der Waals surface area contributed by atoms with Crippen LogP contribution in [0.25, 0.3) is 0 Å². The minimum Gasteiger partial charge on any atom is -0.334 e. The van der Waals surface area contributed by atoms with Gasteiger partial charge in [-0.1, -0.05) is 41.0 Å². The Morgan fingerprint density at radius 1 is 1.36 bits per heavy atom. The van der Waals surface area contributed by atoms with Gasteiger partial charge in [-0.2, -0.15) is 0 Å². The molecule has 1 aromatic carbocycles. The molecule has 0 saturated carbocycles. The van der Waals surface area contributed by atoms with Gasteiger partial charge in [0.25, 0.3) is 0 Å². The molecule has 1 aliphatic heterocycles. The Morgan fingerprint density at radius 2 is 2.14 bits per heavy atom. The Bertz CT molecular complexity index is 331. The zero-order chi connectivity index (χ0) is 9.86. The fourth-order valence-corrected chi connectivity index (χ4v) is 9.43. The molecule has 2 rings (SSSR count). The van der Waals surface area contributed by atoms with E-state index in [1.165, 1.54) is 4.90 Å². The van der Waals surface area contributed by atoms with Gasteiger partial charge in [0.1, 0.15) is 0 Å². The first kappa shape index (κ1) is 11.0. The highest BCUT2D eigenvalue weighted by Gasteiger charge is 2.23. The molecule has 0 aliphatic carbocycles. The SMILES string of the molecule is S=P1(Sc2ccccc2)OCCCS1. The Balaban J connectivity index is 2.06. The van der Waals surface area contributed by atoms with E-state index in [4.69, 9.17) is 16.3 Å². The van der Waals surface area contributed by atoms with Gasteiger partial charge in [-0.3, -0.25) is 0 Å². The van der Waals surface area contributed by atoms with Crippen LogP contribution in [0.3, 0.4) is 0 Å². The predicted octanol–water partition coefficient (Wildman–Crippen LogP) is 4.16. The summed E-state index contributed by atoms with van der Waals surface area (Å²) < 4.78 is 4.05. The standard InChI is InChI=1S/C9H11OPS3/c12-11(10-7-4-8-13-11)14-9-5-2-1-3-6-9/h1-3,5-6H,4,7-8H2. The third kappa shape index (κ3) is 3.01. The summed E-state index contributed by atoms with van der Waals surface area (Å²) in [5.41, 5.74) is 0. The molecule has 1 aromatic rings. The molecule has 0 spiro atoms. The molecular weight excluding hydrogens is 251 g/mol. The lowest BCUT2D eigenvalue weighted by Crippen LogP contribution is -1.97. The van der Waals surface area contributed by atoms with E-state index in [1.54, 1.807) is 11.4 Å². The van der Waals surface area contributed by atoms with Crippen molar-refractivity contribution >= 4 is 39.2 Å². The minimum absolute atomic E-state index is 0.837. The molecule has 0 amide bonds. The van der Waals surface area contributed by atoms with E-state index >= 15 is 0 Å². The molecule has 1 nitrogen and oxygen atoms in total. The average molecular weight is 262 g/mol. The lowest BCUT2D eigenvalue weighted by molar-refractivity contribution is 0.362. The summed E-state index contributed by atoms with van der Waals surface area (Å²) in [6.45, 7) is 0.837. The molecule has 1 atom stereocenters. The molecule has 0 bridgehead atoms. The largest absolute Gasteiger partial charge is 0.334 e. The van der Waals surface area contributed by atoms with Gasteiger partial charge in [0.15, 0.2) is 4.67 Å². The van der Waals surface area contributed by atoms with Crippen molar-refractivity contribution in [3.63, 3.8) is 0 Å². The minimum atomic E-state index is -1.67. The Kier molecular flexibility index (Phi) is 3.97. The van der Waals surface area contributed by atoms with Crippen LogP contribution >= 0.6 is 27.4 Å². The van der Waals surface area contributed by atoms with Gasteiger partial charge < -0.3 is 4.52 Å². The van der Waals surface area contributed by atoms with Gasteiger partial charge in [-0.25, -0.2) is 0 Å². The molecule has 1 aliphatic rings. The third-order valence-electron chi connectivity index (χ3n) is 1.75. The van der Waals surface area contributed by atoms with Crippen LogP contribution in [0, 0.1) is 0 Å². The smallest absolute Gasteiger partial charge is 0.179 e. The van der Waals surface area contributed by atoms with Crippen molar-refractivity contribution in [3.8, 4) is 0 Å². The molecule has 1 saturated heterocycles. The molecular formula is C9H11OPS3. The predicted molar refractivity (Wildman–Crippen MR) is 69.6 cm³/mol. The first-order valence-corrected chi connectivity index (χ1v) is 10.2. The van der Waals surface area contributed by atoms with Crippen molar-refractivity contribution in [3.05, 3.63) is 30.3 Å². The van der Waals surface area contributed by atoms with Gasteiger partial charge >= 0.3 is 0 Å². The monoisotopic (exact) mass is 262 g/mol. The lowest BCUT2D eigenvalue weighted by atomic mass is 10.4. The van der Waals surface area contributed by atoms with Crippen LogP contribution in [-0.2, 0) is 16.3 Å². The fraction of sp³-hybridized carbons (Fsp3) is 0.333. The number of benzene rings is 1. The zero-order valence-electron chi connectivity index (χ0n) is 7.59. The molecule has 0 aromatic heterocycles. The highest BCUT2D eigenvalue weighted by atomic mass is 33.2. The maximum absolute atomic E-state index is 5.72. The van der Waals surface area contributed by atoms with Gasteiger partial charge in [0.05, 0.1) is 6.61 Å². The second-order valence-electron chi connectivity index (χ2n) is 2.87. The summed E-state index contributed by atoms with van der Waals surface area (Å²) in [5, 5.41) is 0. The van der Waals surface area contributed by atoms with E-state index in [0.717, 1.165) is 18.8 Å². The molecule has 1 heterocycles. The molecule has 0 radical (unpaired) electrons. The van der Waals surface area contributed by atoms with E-state index in [-0.39, 0.29) is 0 Å². The number of hydrogen-bond acceptors (Lipinski definition) is 4. The Morgan fingerprint density at radius 3 is 2.79 bits per heavy atom. The van der Waals surface area contributed by atoms with Crippen LogP contribution in [0.2, 0.25) is 0 Å². The van der Waals surface area contributed by atoms with Crippen molar-refractivity contribution in [1.82, 2.24) is 0 Å². The number of rotatable bonds is 2. The van der Waals surface area contributed by atoms with Gasteiger partial charge in [-0.15, -0.1) is 0 Å². The molecule has 1 fully saturated rings. The maximum atomic E-state index is 5.72. The van der Waals surface area contributed by atoms with E-state index in [9.17, 15) is 0 Å². The van der Waals surface area contributed by atoms with E-state index in [1.807, 2.05) is 29.6 Å². The van der Waals surface area contributed by atoms with E-state index < -0.39 is 4.67 Å². The molecule has 14 heavy (non-hydrogen) atoms. The fourth-order valence-electron chi connectivity index (χ4n) is 1.11. The topological polar surface area (TPSA) is 9.23 Å². The maximum Gasteiger partial charge on any atom is 0.179 e. The van der Waals surface area contributed by atoms with Gasteiger partial charge in [-0.05, 0) is 30.4 Å².